The van der Waals surface area contributed by atoms with Gasteiger partial charge in [-0.1, -0.05) is 24.3 Å². The smallest absolute Gasteiger partial charge is 0.407 e. The quantitative estimate of drug-likeness (QED) is 0.858. The van der Waals surface area contributed by atoms with Crippen molar-refractivity contribution >= 4 is 37.7 Å². The maximum atomic E-state index is 12.9. The highest BCUT2D eigenvalue weighted by molar-refractivity contribution is 8.02. The first-order chi connectivity index (χ1) is 11.1. The molecule has 24 heavy (non-hydrogen) atoms. The fraction of sp³-hybridized carbons (Fsp3) is 0.200. The minimum Gasteiger partial charge on any atom is -0.505 e. The molecule has 0 bridgehead atoms. The summed E-state index contributed by atoms with van der Waals surface area (Å²) >= 11 is 0.987. The molecule has 1 N–H and O–H groups in total. The number of fused-ring (bicyclic) bond motifs is 1. The molecule has 0 saturated heterocycles. The van der Waals surface area contributed by atoms with Crippen molar-refractivity contribution in [3.8, 4) is 0 Å². The lowest BCUT2D eigenvalue weighted by Crippen LogP contribution is -2.41. The number of aryl methyl sites for hydroxylation is 1. The van der Waals surface area contributed by atoms with E-state index in [0.717, 1.165) is 11.3 Å². The number of hydrogen-bond donors (Lipinski definition) is 1. The number of anilines is 1. The first kappa shape index (κ1) is 16.8. The molecule has 0 saturated carbocycles. The van der Waals surface area contributed by atoms with Gasteiger partial charge in [-0.25, -0.2) is 8.42 Å². The van der Waals surface area contributed by atoms with Crippen molar-refractivity contribution in [2.45, 2.75) is 13.1 Å². The largest absolute Gasteiger partial charge is 0.505 e. The fourth-order valence-corrected chi connectivity index (χ4v) is 5.34. The lowest BCUT2D eigenvalue weighted by atomic mass is 10.1. The molecule has 4 nitrogen and oxygen atoms in total. The van der Waals surface area contributed by atoms with E-state index in [4.69, 9.17) is 0 Å². The van der Waals surface area contributed by atoms with E-state index in [-0.39, 0.29) is 16.1 Å². The molecule has 0 amide bonds. The van der Waals surface area contributed by atoms with Crippen LogP contribution in [0, 0.1) is 6.92 Å². The Labute approximate surface area is 140 Å². The maximum Gasteiger partial charge on any atom is 0.407 e. The van der Waals surface area contributed by atoms with Gasteiger partial charge in [0.1, 0.15) is 11.4 Å². The van der Waals surface area contributed by atoms with Crippen molar-refractivity contribution < 1.29 is 26.7 Å². The first-order valence-electron chi connectivity index (χ1n) is 6.79. The highest BCUT2D eigenvalue weighted by atomic mass is 32.2. The van der Waals surface area contributed by atoms with Gasteiger partial charge in [0, 0.05) is 5.56 Å². The van der Waals surface area contributed by atoms with Crippen LogP contribution in [0.4, 0.5) is 18.9 Å². The molecular formula is C15H12F3NO3S2. The van der Waals surface area contributed by atoms with Gasteiger partial charge in [-0.3, -0.25) is 4.31 Å². The third-order valence-electron chi connectivity index (χ3n) is 3.60. The number of alkyl halides is 3. The predicted molar refractivity (Wildman–Crippen MR) is 87.3 cm³/mol. The molecule has 0 fully saturated rings. The Hall–Kier alpha value is -2.00. The number of aliphatic hydroxyl groups excluding tert-OH is 1. The van der Waals surface area contributed by atoms with E-state index in [1.54, 1.807) is 25.1 Å². The van der Waals surface area contributed by atoms with Crippen LogP contribution in [0.3, 0.4) is 0 Å². The van der Waals surface area contributed by atoms with Crippen LogP contribution in [0.2, 0.25) is 0 Å². The first-order valence-corrected chi connectivity index (χ1v) is 9.11. The molecule has 0 aliphatic carbocycles. The second-order valence-corrected chi connectivity index (χ2v) is 7.97. The van der Waals surface area contributed by atoms with E-state index >= 15 is 0 Å². The van der Waals surface area contributed by atoms with Crippen molar-refractivity contribution in [2.24, 2.45) is 0 Å². The van der Waals surface area contributed by atoms with Gasteiger partial charge in [-0.15, -0.1) is 11.3 Å². The molecule has 128 valence electrons. The van der Waals surface area contributed by atoms with Gasteiger partial charge in [-0.05, 0) is 23.9 Å². The third-order valence-corrected chi connectivity index (χ3v) is 6.35. The average Bonchev–Trinajstić information content (AvgIpc) is 2.94. The average molecular weight is 375 g/mol. The molecule has 0 spiro atoms. The standard InChI is InChI=1S/C15H12F3NO3S2/c1-9-4-2-3-5-10(9)14-12(20)13-11(6-7-23-13)19(24(14,21)22)8-15(16,17)18/h2-7,20H,8H2,1H3. The van der Waals surface area contributed by atoms with E-state index in [2.05, 4.69) is 0 Å². The van der Waals surface area contributed by atoms with Gasteiger partial charge in [0.2, 0.25) is 0 Å². The molecule has 0 atom stereocenters. The highest BCUT2D eigenvalue weighted by Gasteiger charge is 2.44. The topological polar surface area (TPSA) is 57.6 Å². The molecule has 2 heterocycles. The summed E-state index contributed by atoms with van der Waals surface area (Å²) in [7, 11) is -4.56. The van der Waals surface area contributed by atoms with Crippen LogP contribution < -0.4 is 4.31 Å². The van der Waals surface area contributed by atoms with Crippen LogP contribution in [-0.2, 0) is 10.0 Å². The minimum absolute atomic E-state index is 0.104. The molecule has 1 aromatic carbocycles. The van der Waals surface area contributed by atoms with E-state index in [1.807, 2.05) is 0 Å². The number of thiophene rings is 1. The Morgan fingerprint density at radius 1 is 1.21 bits per heavy atom. The van der Waals surface area contributed by atoms with Crippen LogP contribution in [-0.4, -0.2) is 26.2 Å². The zero-order chi connectivity index (χ0) is 17.7. The summed E-state index contributed by atoms with van der Waals surface area (Å²) in [6.45, 7) is -0.0229. The lowest BCUT2D eigenvalue weighted by molar-refractivity contribution is -0.117. The van der Waals surface area contributed by atoms with Gasteiger partial charge >= 0.3 is 6.18 Å². The van der Waals surface area contributed by atoms with Crippen LogP contribution in [0.25, 0.3) is 10.7 Å². The molecular weight excluding hydrogens is 363 g/mol. The van der Waals surface area contributed by atoms with E-state index in [9.17, 15) is 26.7 Å². The molecule has 0 radical (unpaired) electrons. The van der Waals surface area contributed by atoms with Gasteiger partial charge < -0.3 is 5.11 Å². The highest BCUT2D eigenvalue weighted by Crippen LogP contribution is 2.46. The van der Waals surface area contributed by atoms with E-state index < -0.39 is 33.4 Å². The normalized spacial score (nSPS) is 17.1. The summed E-state index contributed by atoms with van der Waals surface area (Å²) in [5.41, 5.74) is 0.558. The van der Waals surface area contributed by atoms with Gasteiger partial charge in [0.15, 0.2) is 5.76 Å². The monoisotopic (exact) mass is 375 g/mol. The molecule has 3 rings (SSSR count). The van der Waals surface area contributed by atoms with Gasteiger partial charge in [0.05, 0.1) is 10.6 Å². The van der Waals surface area contributed by atoms with Crippen molar-refractivity contribution in [1.82, 2.24) is 0 Å². The maximum absolute atomic E-state index is 12.9. The third kappa shape index (κ3) is 2.67. The fourth-order valence-electron chi connectivity index (χ4n) is 2.57. The molecule has 1 aliphatic heterocycles. The van der Waals surface area contributed by atoms with Gasteiger partial charge in [0.25, 0.3) is 10.0 Å². The number of benzene rings is 1. The second kappa shape index (κ2) is 5.52. The summed E-state index contributed by atoms with van der Waals surface area (Å²) in [4.78, 5) is -0.396. The Morgan fingerprint density at radius 2 is 1.88 bits per heavy atom. The van der Waals surface area contributed by atoms with E-state index in [0.29, 0.717) is 9.87 Å². The molecule has 1 aromatic heterocycles. The predicted octanol–water partition coefficient (Wildman–Crippen LogP) is 4.15. The number of nitrogens with zero attached hydrogens (tertiary/aromatic N) is 1. The lowest BCUT2D eigenvalue weighted by Gasteiger charge is -2.31. The molecule has 2 aromatic rings. The number of rotatable bonds is 2. The number of hydrogen-bond acceptors (Lipinski definition) is 4. The summed E-state index contributed by atoms with van der Waals surface area (Å²) in [6.07, 6.45) is -4.71. The molecule has 0 unspecified atom stereocenters. The zero-order valence-electron chi connectivity index (χ0n) is 12.3. The molecule has 1 aliphatic rings. The number of sulfonamides is 1. The summed E-state index contributed by atoms with van der Waals surface area (Å²) in [5, 5.41) is 11.9. The van der Waals surface area contributed by atoms with E-state index in [1.165, 1.54) is 17.5 Å². The van der Waals surface area contributed by atoms with Crippen LogP contribution in [0.15, 0.2) is 35.7 Å². The molecule has 9 heteroatoms. The minimum atomic E-state index is -4.71. The SMILES string of the molecule is Cc1ccccc1C1=C(O)c2sccc2N(CC(F)(F)F)S1(=O)=O. The zero-order valence-corrected chi connectivity index (χ0v) is 14.0. The van der Waals surface area contributed by atoms with Crippen molar-refractivity contribution in [1.29, 1.82) is 0 Å². The Balaban J connectivity index is 2.29. The summed E-state index contributed by atoms with van der Waals surface area (Å²) in [6, 6.07) is 7.59. The van der Waals surface area contributed by atoms with Crippen molar-refractivity contribution in [3.05, 3.63) is 51.7 Å². The summed E-state index contributed by atoms with van der Waals surface area (Å²) < 4.78 is 64.7. The second-order valence-electron chi connectivity index (χ2n) is 5.25. The Bertz CT molecular complexity index is 929. The summed E-state index contributed by atoms with van der Waals surface area (Å²) in [5.74, 6) is -0.521. The van der Waals surface area contributed by atoms with Crippen LogP contribution in [0.5, 0.6) is 0 Å². The van der Waals surface area contributed by atoms with Gasteiger partial charge in [-0.2, -0.15) is 13.2 Å². The van der Waals surface area contributed by atoms with Crippen LogP contribution in [0.1, 0.15) is 16.0 Å². The Morgan fingerprint density at radius 3 is 2.50 bits per heavy atom. The number of halogens is 3. The number of aliphatic hydroxyl groups is 1. The van der Waals surface area contributed by atoms with Crippen molar-refractivity contribution in [2.75, 3.05) is 10.8 Å². The Kier molecular flexibility index (Phi) is 3.88. The van der Waals surface area contributed by atoms with Crippen molar-refractivity contribution in [3.63, 3.8) is 0 Å². The van der Waals surface area contributed by atoms with Crippen LogP contribution >= 0.6 is 11.3 Å².